The minimum Gasteiger partial charge on any atom is -0.299 e. The van der Waals surface area contributed by atoms with Crippen molar-refractivity contribution in [3.05, 3.63) is 47.0 Å². The van der Waals surface area contributed by atoms with Crippen molar-refractivity contribution in [3.63, 3.8) is 0 Å². The molecular formula is C19H26N6O3S. The molecule has 0 radical (unpaired) electrons. The largest absolute Gasteiger partial charge is 0.299 e. The Kier molecular flexibility index (Phi) is 6.04. The summed E-state index contributed by atoms with van der Waals surface area (Å²) >= 11 is 0. The zero-order valence-corrected chi connectivity index (χ0v) is 17.2. The van der Waals surface area contributed by atoms with Crippen LogP contribution in [0.15, 0.2) is 41.5 Å². The minimum atomic E-state index is -3.33. The summed E-state index contributed by atoms with van der Waals surface area (Å²) in [5.41, 5.74) is 1.50. The van der Waals surface area contributed by atoms with Crippen LogP contribution < -0.4 is 5.56 Å². The van der Waals surface area contributed by atoms with Crippen LogP contribution in [0.1, 0.15) is 12.8 Å². The van der Waals surface area contributed by atoms with Crippen molar-refractivity contribution < 1.29 is 8.42 Å². The quantitative estimate of drug-likeness (QED) is 0.669. The standard InChI is InChI=1S/C19H26N6O3S/c26-19-4-3-18(17-5-7-20-8-6-17)21-25(19)16-13-22-11-14-24(15-12-22)29(27,28)23-9-1-2-10-23/h3-8H,1-2,9-16H2. The molecule has 0 unspecified atom stereocenters. The zero-order chi connectivity index (χ0) is 20.3. The average molecular weight is 419 g/mol. The van der Waals surface area contributed by atoms with Crippen LogP contribution in [0.25, 0.3) is 11.3 Å². The van der Waals surface area contributed by atoms with E-state index in [-0.39, 0.29) is 5.56 Å². The van der Waals surface area contributed by atoms with Gasteiger partial charge in [0.2, 0.25) is 0 Å². The smallest absolute Gasteiger partial charge is 0.282 e. The molecule has 0 N–H and O–H groups in total. The van der Waals surface area contributed by atoms with E-state index in [0.717, 1.165) is 24.1 Å². The second kappa shape index (κ2) is 8.70. The van der Waals surface area contributed by atoms with E-state index >= 15 is 0 Å². The Bertz CT molecular complexity index is 981. The molecular weight excluding hydrogens is 392 g/mol. The first-order valence-electron chi connectivity index (χ1n) is 10.0. The monoisotopic (exact) mass is 418 g/mol. The normalized spacial score (nSPS) is 19.6. The van der Waals surface area contributed by atoms with Gasteiger partial charge in [0.05, 0.1) is 12.2 Å². The van der Waals surface area contributed by atoms with Gasteiger partial charge in [0.25, 0.3) is 15.8 Å². The number of piperazine rings is 1. The molecule has 10 heteroatoms. The van der Waals surface area contributed by atoms with Crippen LogP contribution in [-0.4, -0.2) is 82.5 Å². The summed E-state index contributed by atoms with van der Waals surface area (Å²) in [6.45, 7) is 4.67. The van der Waals surface area contributed by atoms with Gasteiger partial charge in [0.15, 0.2) is 0 Å². The number of hydrogen-bond acceptors (Lipinski definition) is 6. The van der Waals surface area contributed by atoms with Gasteiger partial charge >= 0.3 is 0 Å². The van der Waals surface area contributed by atoms with E-state index in [9.17, 15) is 13.2 Å². The van der Waals surface area contributed by atoms with Gasteiger partial charge in [-0.15, -0.1) is 0 Å². The SMILES string of the molecule is O=c1ccc(-c2ccncc2)nn1CCN1CCN(S(=O)(=O)N2CCCC2)CC1. The highest BCUT2D eigenvalue weighted by Crippen LogP contribution is 2.18. The lowest BCUT2D eigenvalue weighted by molar-refractivity contribution is 0.175. The Labute approximate surface area is 170 Å². The molecule has 0 atom stereocenters. The summed E-state index contributed by atoms with van der Waals surface area (Å²) in [5.74, 6) is 0. The maximum absolute atomic E-state index is 12.7. The average Bonchev–Trinajstić information content (AvgIpc) is 3.30. The van der Waals surface area contributed by atoms with E-state index in [0.29, 0.717) is 52.4 Å². The van der Waals surface area contributed by atoms with E-state index < -0.39 is 10.2 Å². The Morgan fingerprint density at radius 1 is 0.828 bits per heavy atom. The molecule has 2 aliphatic heterocycles. The van der Waals surface area contributed by atoms with E-state index in [1.54, 1.807) is 27.1 Å². The highest BCUT2D eigenvalue weighted by atomic mass is 32.2. The third-order valence-corrected chi connectivity index (χ3v) is 7.56. The molecule has 0 amide bonds. The van der Waals surface area contributed by atoms with Crippen molar-refractivity contribution >= 4 is 10.2 Å². The molecule has 4 heterocycles. The van der Waals surface area contributed by atoms with Crippen molar-refractivity contribution in [1.29, 1.82) is 0 Å². The fourth-order valence-electron chi connectivity index (χ4n) is 3.79. The number of pyridine rings is 1. The fourth-order valence-corrected chi connectivity index (χ4v) is 5.46. The van der Waals surface area contributed by atoms with Crippen molar-refractivity contribution in [2.24, 2.45) is 0 Å². The van der Waals surface area contributed by atoms with E-state index in [4.69, 9.17) is 0 Å². The molecule has 29 heavy (non-hydrogen) atoms. The third kappa shape index (κ3) is 4.55. The molecule has 2 fully saturated rings. The van der Waals surface area contributed by atoms with Gasteiger partial charge in [-0.1, -0.05) is 0 Å². The lowest BCUT2D eigenvalue weighted by Crippen LogP contribution is -2.53. The Morgan fingerprint density at radius 3 is 2.17 bits per heavy atom. The van der Waals surface area contributed by atoms with Crippen molar-refractivity contribution in [2.75, 3.05) is 45.8 Å². The molecule has 0 spiro atoms. The molecule has 4 rings (SSSR count). The molecule has 9 nitrogen and oxygen atoms in total. The molecule has 0 saturated carbocycles. The Hall–Kier alpha value is -2.14. The van der Waals surface area contributed by atoms with Crippen molar-refractivity contribution in [3.8, 4) is 11.3 Å². The zero-order valence-electron chi connectivity index (χ0n) is 16.4. The van der Waals surface area contributed by atoms with Crippen LogP contribution in [-0.2, 0) is 16.8 Å². The van der Waals surface area contributed by atoms with Crippen LogP contribution in [0.4, 0.5) is 0 Å². The van der Waals surface area contributed by atoms with Gasteiger partial charge in [-0.2, -0.15) is 22.1 Å². The Morgan fingerprint density at radius 2 is 1.48 bits per heavy atom. The first-order chi connectivity index (χ1) is 14.0. The topological polar surface area (TPSA) is 91.6 Å². The highest BCUT2D eigenvalue weighted by Gasteiger charge is 2.33. The first-order valence-corrected chi connectivity index (χ1v) is 11.4. The molecule has 0 aliphatic carbocycles. The summed E-state index contributed by atoms with van der Waals surface area (Å²) in [4.78, 5) is 18.4. The lowest BCUT2D eigenvalue weighted by Gasteiger charge is -2.35. The summed E-state index contributed by atoms with van der Waals surface area (Å²) in [7, 11) is -3.33. The van der Waals surface area contributed by atoms with Gasteiger partial charge in [-0.25, -0.2) is 4.68 Å². The second-order valence-corrected chi connectivity index (χ2v) is 9.30. The van der Waals surface area contributed by atoms with Crippen molar-refractivity contribution in [2.45, 2.75) is 19.4 Å². The van der Waals surface area contributed by atoms with Crippen LogP contribution in [0.2, 0.25) is 0 Å². The van der Waals surface area contributed by atoms with Gasteiger partial charge in [-0.3, -0.25) is 14.7 Å². The van der Waals surface area contributed by atoms with E-state index in [1.807, 2.05) is 12.1 Å². The molecule has 2 saturated heterocycles. The van der Waals surface area contributed by atoms with E-state index in [2.05, 4.69) is 15.0 Å². The minimum absolute atomic E-state index is 0.141. The molecule has 156 valence electrons. The predicted molar refractivity (Wildman–Crippen MR) is 109 cm³/mol. The summed E-state index contributed by atoms with van der Waals surface area (Å²) in [5, 5.41) is 4.47. The highest BCUT2D eigenvalue weighted by molar-refractivity contribution is 7.86. The van der Waals surface area contributed by atoms with Gasteiger partial charge < -0.3 is 0 Å². The molecule has 2 aromatic rings. The number of rotatable bonds is 6. The summed E-state index contributed by atoms with van der Waals surface area (Å²) in [6, 6.07) is 6.97. The summed E-state index contributed by atoms with van der Waals surface area (Å²) in [6.07, 6.45) is 5.28. The maximum atomic E-state index is 12.7. The maximum Gasteiger partial charge on any atom is 0.282 e. The first kappa shape index (κ1) is 20.1. The lowest BCUT2D eigenvalue weighted by atomic mass is 10.2. The van der Waals surface area contributed by atoms with Gasteiger partial charge in [0, 0.05) is 69.8 Å². The molecule has 2 aliphatic rings. The molecule has 0 aromatic carbocycles. The van der Waals surface area contributed by atoms with Crippen LogP contribution in [0.5, 0.6) is 0 Å². The second-order valence-electron chi connectivity index (χ2n) is 7.37. The molecule has 2 aromatic heterocycles. The van der Waals surface area contributed by atoms with E-state index in [1.165, 1.54) is 10.7 Å². The van der Waals surface area contributed by atoms with Crippen LogP contribution in [0, 0.1) is 0 Å². The summed E-state index contributed by atoms with van der Waals surface area (Å²) < 4.78 is 30.0. The predicted octanol–water partition coefficient (Wildman–Crippen LogP) is 0.264. The number of hydrogen-bond donors (Lipinski definition) is 0. The number of nitrogens with zero attached hydrogens (tertiary/aromatic N) is 6. The third-order valence-electron chi connectivity index (χ3n) is 5.52. The molecule has 0 bridgehead atoms. The van der Waals surface area contributed by atoms with Crippen molar-refractivity contribution in [1.82, 2.24) is 28.3 Å². The fraction of sp³-hybridized carbons (Fsp3) is 0.526. The van der Waals surface area contributed by atoms with Gasteiger partial charge in [0.1, 0.15) is 0 Å². The van der Waals surface area contributed by atoms with Crippen LogP contribution >= 0.6 is 0 Å². The van der Waals surface area contributed by atoms with Gasteiger partial charge in [-0.05, 0) is 31.0 Å². The van der Waals surface area contributed by atoms with Crippen LogP contribution in [0.3, 0.4) is 0 Å². The number of aromatic nitrogens is 3. The Balaban J connectivity index is 1.34.